The topological polar surface area (TPSA) is 49.8 Å². The third-order valence-corrected chi connectivity index (χ3v) is 6.40. The largest absolute Gasteiger partial charge is 0.507 e. The predicted octanol–water partition coefficient (Wildman–Crippen LogP) is 5.44. The molecule has 0 radical (unpaired) electrons. The molecule has 4 nitrogen and oxygen atoms in total. The van der Waals surface area contributed by atoms with Crippen LogP contribution in [0.3, 0.4) is 0 Å². The number of amides is 1. The van der Waals surface area contributed by atoms with E-state index in [-0.39, 0.29) is 23.2 Å². The van der Waals surface area contributed by atoms with E-state index in [0.29, 0.717) is 11.5 Å². The fourth-order valence-corrected chi connectivity index (χ4v) is 4.84. The summed E-state index contributed by atoms with van der Waals surface area (Å²) in [6.45, 7) is 8.61. The van der Waals surface area contributed by atoms with Gasteiger partial charge in [0.1, 0.15) is 17.1 Å². The standard InChI is InChI=1S/C24H35NO3/c1-7-8-9-10-16-14-19-21(22(26)20(16)23(27)25(5)6)17-13-15(2)11-12-18(17)24(3,4)28-19/h13-14,17-18,26H,7-12H2,1-6H3. The summed E-state index contributed by atoms with van der Waals surface area (Å²) in [6, 6.07) is 2.02. The van der Waals surface area contributed by atoms with Gasteiger partial charge in [0.05, 0.1) is 5.56 Å². The molecule has 0 saturated carbocycles. The summed E-state index contributed by atoms with van der Waals surface area (Å²) >= 11 is 0. The number of benzene rings is 1. The van der Waals surface area contributed by atoms with Gasteiger partial charge in [0.15, 0.2) is 0 Å². The molecule has 0 aromatic heterocycles. The molecule has 0 spiro atoms. The molecule has 1 N–H and O–H groups in total. The molecule has 0 saturated heterocycles. The molecule has 2 unspecified atom stereocenters. The van der Waals surface area contributed by atoms with Gasteiger partial charge in [-0.15, -0.1) is 0 Å². The molecule has 3 rings (SSSR count). The molecular weight excluding hydrogens is 350 g/mol. The second kappa shape index (κ2) is 7.81. The van der Waals surface area contributed by atoms with Crippen LogP contribution >= 0.6 is 0 Å². The summed E-state index contributed by atoms with van der Waals surface area (Å²) < 4.78 is 6.43. The van der Waals surface area contributed by atoms with E-state index >= 15 is 0 Å². The maximum atomic E-state index is 13.0. The van der Waals surface area contributed by atoms with E-state index in [2.05, 4.69) is 33.8 Å². The Hall–Kier alpha value is -1.97. The second-order valence-electron chi connectivity index (χ2n) is 9.22. The first-order chi connectivity index (χ1) is 13.2. The Kier molecular flexibility index (Phi) is 5.79. The third kappa shape index (κ3) is 3.66. The van der Waals surface area contributed by atoms with Crippen LogP contribution in [0, 0.1) is 5.92 Å². The molecule has 4 heteroatoms. The molecule has 1 aliphatic carbocycles. The first kappa shape index (κ1) is 20.8. The fourth-order valence-electron chi connectivity index (χ4n) is 4.84. The van der Waals surface area contributed by atoms with Crippen molar-refractivity contribution >= 4 is 5.91 Å². The Morgan fingerprint density at radius 2 is 2.04 bits per heavy atom. The summed E-state index contributed by atoms with van der Waals surface area (Å²) in [5, 5.41) is 11.3. The van der Waals surface area contributed by atoms with Crippen LogP contribution < -0.4 is 4.74 Å². The Morgan fingerprint density at radius 3 is 2.68 bits per heavy atom. The number of nitrogens with zero attached hydrogens (tertiary/aromatic N) is 1. The van der Waals surface area contributed by atoms with Crippen LogP contribution in [0.1, 0.15) is 87.2 Å². The lowest BCUT2D eigenvalue weighted by molar-refractivity contribution is 0.0106. The zero-order valence-corrected chi connectivity index (χ0v) is 18.3. The molecule has 154 valence electrons. The number of rotatable bonds is 5. The van der Waals surface area contributed by atoms with Gasteiger partial charge in [-0.2, -0.15) is 0 Å². The van der Waals surface area contributed by atoms with Gasteiger partial charge in [-0.3, -0.25) is 4.79 Å². The highest BCUT2D eigenvalue weighted by Crippen LogP contribution is 2.54. The minimum Gasteiger partial charge on any atom is -0.507 e. The van der Waals surface area contributed by atoms with Crippen molar-refractivity contribution in [1.82, 2.24) is 4.90 Å². The van der Waals surface area contributed by atoms with Gasteiger partial charge in [-0.25, -0.2) is 0 Å². The van der Waals surface area contributed by atoms with Crippen molar-refractivity contribution in [2.24, 2.45) is 5.92 Å². The van der Waals surface area contributed by atoms with Crippen LogP contribution in [0.4, 0.5) is 0 Å². The van der Waals surface area contributed by atoms with E-state index in [0.717, 1.165) is 55.4 Å². The summed E-state index contributed by atoms with van der Waals surface area (Å²) in [5.74, 6) is 1.12. The zero-order chi connectivity index (χ0) is 20.6. The number of aromatic hydroxyl groups is 1. The Balaban J connectivity index is 2.18. The number of phenolic OH excluding ortho intramolecular Hbond substituents is 1. The van der Waals surface area contributed by atoms with Crippen molar-refractivity contribution in [1.29, 1.82) is 0 Å². The van der Waals surface area contributed by atoms with Crippen LogP contribution in [0.15, 0.2) is 17.7 Å². The van der Waals surface area contributed by atoms with Crippen molar-refractivity contribution in [3.05, 3.63) is 34.4 Å². The average Bonchev–Trinajstić information content (AvgIpc) is 2.60. The zero-order valence-electron chi connectivity index (χ0n) is 18.3. The van der Waals surface area contributed by atoms with Gasteiger partial charge in [0, 0.05) is 31.5 Å². The van der Waals surface area contributed by atoms with Gasteiger partial charge in [-0.1, -0.05) is 31.4 Å². The van der Waals surface area contributed by atoms with Crippen LogP contribution in [0.5, 0.6) is 11.5 Å². The van der Waals surface area contributed by atoms with Gasteiger partial charge >= 0.3 is 0 Å². The molecule has 1 aliphatic heterocycles. The van der Waals surface area contributed by atoms with Crippen LogP contribution in [-0.2, 0) is 6.42 Å². The summed E-state index contributed by atoms with van der Waals surface area (Å²) in [6.07, 6.45) is 8.36. The number of aryl methyl sites for hydroxylation is 1. The number of hydrogen-bond acceptors (Lipinski definition) is 3. The van der Waals surface area contributed by atoms with Gasteiger partial charge in [-0.05, 0) is 58.1 Å². The number of allylic oxidation sites excluding steroid dienone is 2. The molecule has 0 bridgehead atoms. The van der Waals surface area contributed by atoms with E-state index in [1.165, 1.54) is 5.57 Å². The summed E-state index contributed by atoms with van der Waals surface area (Å²) in [7, 11) is 3.48. The summed E-state index contributed by atoms with van der Waals surface area (Å²) in [5.41, 5.74) is 3.20. The van der Waals surface area contributed by atoms with E-state index in [1.54, 1.807) is 19.0 Å². The van der Waals surface area contributed by atoms with Crippen molar-refractivity contribution in [3.63, 3.8) is 0 Å². The number of unbranched alkanes of at least 4 members (excludes halogenated alkanes) is 2. The van der Waals surface area contributed by atoms with E-state index in [1.807, 2.05) is 6.07 Å². The monoisotopic (exact) mass is 385 g/mol. The Morgan fingerprint density at radius 1 is 1.32 bits per heavy atom. The Labute approximate surface area is 169 Å². The smallest absolute Gasteiger partial charge is 0.257 e. The highest BCUT2D eigenvalue weighted by molar-refractivity contribution is 5.99. The van der Waals surface area contributed by atoms with E-state index in [9.17, 15) is 9.90 Å². The molecule has 0 fully saturated rings. The number of fused-ring (bicyclic) bond motifs is 3. The van der Waals surface area contributed by atoms with Gasteiger partial charge in [0.2, 0.25) is 0 Å². The molecule has 1 amide bonds. The number of hydrogen-bond donors (Lipinski definition) is 1. The molecule has 1 aromatic rings. The summed E-state index contributed by atoms with van der Waals surface area (Å²) in [4.78, 5) is 14.5. The van der Waals surface area contributed by atoms with Crippen LogP contribution in [-0.4, -0.2) is 35.6 Å². The number of carbonyl (C=O) groups excluding carboxylic acids is 1. The highest BCUT2D eigenvalue weighted by atomic mass is 16.5. The lowest BCUT2D eigenvalue weighted by Gasteiger charge is -2.46. The lowest BCUT2D eigenvalue weighted by atomic mass is 9.67. The quantitative estimate of drug-likeness (QED) is 0.542. The maximum Gasteiger partial charge on any atom is 0.257 e. The SMILES string of the molecule is CCCCCc1cc2c(c(O)c1C(=O)N(C)C)C1C=C(C)CCC1C(C)(C)O2. The molecule has 28 heavy (non-hydrogen) atoms. The first-order valence-electron chi connectivity index (χ1n) is 10.6. The van der Waals surface area contributed by atoms with Crippen LogP contribution in [0.2, 0.25) is 0 Å². The Bertz CT molecular complexity index is 792. The average molecular weight is 386 g/mol. The van der Waals surface area contributed by atoms with Crippen molar-refractivity contribution in [2.45, 2.75) is 77.7 Å². The first-order valence-corrected chi connectivity index (χ1v) is 10.6. The minimum atomic E-state index is -0.297. The van der Waals surface area contributed by atoms with Gasteiger partial charge < -0.3 is 14.7 Å². The molecular formula is C24H35NO3. The van der Waals surface area contributed by atoms with Crippen molar-refractivity contribution < 1.29 is 14.6 Å². The minimum absolute atomic E-state index is 0.0888. The number of carbonyl (C=O) groups is 1. The second-order valence-corrected chi connectivity index (χ2v) is 9.22. The maximum absolute atomic E-state index is 13.0. The van der Waals surface area contributed by atoms with Crippen molar-refractivity contribution in [2.75, 3.05) is 14.1 Å². The van der Waals surface area contributed by atoms with Crippen molar-refractivity contribution in [3.8, 4) is 11.5 Å². The molecule has 2 atom stereocenters. The van der Waals surface area contributed by atoms with Crippen LogP contribution in [0.25, 0.3) is 0 Å². The lowest BCUT2D eigenvalue weighted by Crippen LogP contribution is -2.45. The predicted molar refractivity (Wildman–Crippen MR) is 113 cm³/mol. The van der Waals surface area contributed by atoms with Gasteiger partial charge in [0.25, 0.3) is 5.91 Å². The third-order valence-electron chi connectivity index (χ3n) is 6.40. The molecule has 1 heterocycles. The van der Waals surface area contributed by atoms with E-state index < -0.39 is 0 Å². The normalized spacial score (nSPS) is 22.6. The van der Waals surface area contributed by atoms with E-state index in [4.69, 9.17) is 4.74 Å². The number of phenols is 1. The number of ether oxygens (including phenoxy) is 1. The fraction of sp³-hybridized carbons (Fsp3) is 0.625. The highest BCUT2D eigenvalue weighted by Gasteiger charge is 2.46. The molecule has 2 aliphatic rings. The molecule has 1 aromatic carbocycles.